The number of hydrogen-bond acceptors (Lipinski definition) is 1. The first-order valence-corrected chi connectivity index (χ1v) is 6.33. The molecule has 14 heavy (non-hydrogen) atoms. The minimum Gasteiger partial charge on any atom is -0.417 e. The average molecular weight is 227 g/mol. The second-order valence-corrected chi connectivity index (χ2v) is 4.89. The Morgan fingerprint density at radius 2 is 2.21 bits per heavy atom. The first-order chi connectivity index (χ1) is 6.74. The summed E-state index contributed by atoms with van der Waals surface area (Å²) >= 11 is 5.92. The maximum absolute atomic E-state index is 5.92. The van der Waals surface area contributed by atoms with Crippen molar-refractivity contribution in [1.29, 1.82) is 0 Å². The third-order valence-corrected chi connectivity index (χ3v) is 2.96. The molecule has 0 aliphatic heterocycles. The molecule has 0 spiro atoms. The second-order valence-electron chi connectivity index (χ2n) is 3.17. The summed E-state index contributed by atoms with van der Waals surface area (Å²) in [6.45, 7) is 5.03. The smallest absolute Gasteiger partial charge is 0.229 e. The molecule has 0 N–H and O–H groups in total. The average Bonchev–Trinajstić information content (AvgIpc) is 2.18. The largest absolute Gasteiger partial charge is 0.417 e. The van der Waals surface area contributed by atoms with Gasteiger partial charge in [0.15, 0.2) is 0 Å². The number of hydrogen-bond donors (Lipinski definition) is 0. The van der Waals surface area contributed by atoms with Crippen LogP contribution in [-0.2, 0) is 10.8 Å². The van der Waals surface area contributed by atoms with Gasteiger partial charge < -0.3 is 4.43 Å². The van der Waals surface area contributed by atoms with Gasteiger partial charge in [0, 0.05) is 11.6 Å². The van der Waals surface area contributed by atoms with E-state index in [9.17, 15) is 0 Å². The molecule has 76 valence electrons. The zero-order valence-corrected chi connectivity index (χ0v) is 10.4. The van der Waals surface area contributed by atoms with Crippen LogP contribution in [-0.4, -0.2) is 16.4 Å². The van der Waals surface area contributed by atoms with E-state index in [4.69, 9.17) is 16.0 Å². The zero-order chi connectivity index (χ0) is 10.4. The summed E-state index contributed by atoms with van der Waals surface area (Å²) in [4.78, 5) is 0. The molecule has 3 heteroatoms. The Morgan fingerprint density at radius 1 is 1.43 bits per heavy atom. The maximum Gasteiger partial charge on any atom is 0.229 e. The van der Waals surface area contributed by atoms with E-state index >= 15 is 0 Å². The molecule has 0 saturated carbocycles. The lowest BCUT2D eigenvalue weighted by Crippen LogP contribution is -2.03. The van der Waals surface area contributed by atoms with Gasteiger partial charge in [-0.05, 0) is 42.6 Å². The molecule has 1 nitrogen and oxygen atoms in total. The van der Waals surface area contributed by atoms with Crippen molar-refractivity contribution in [3.63, 3.8) is 0 Å². The summed E-state index contributed by atoms with van der Waals surface area (Å²) in [5, 5.41) is 0.809. The number of halogens is 1. The van der Waals surface area contributed by atoms with Crippen LogP contribution in [0.1, 0.15) is 18.1 Å². The van der Waals surface area contributed by atoms with E-state index in [0.717, 1.165) is 24.1 Å². The van der Waals surface area contributed by atoms with Crippen molar-refractivity contribution in [2.75, 3.05) is 6.61 Å². The van der Waals surface area contributed by atoms with Crippen molar-refractivity contribution < 1.29 is 4.43 Å². The van der Waals surface area contributed by atoms with Gasteiger partial charge in [0.25, 0.3) is 0 Å². The van der Waals surface area contributed by atoms with E-state index in [-0.39, 0.29) is 0 Å². The van der Waals surface area contributed by atoms with Crippen LogP contribution in [0.25, 0.3) is 0 Å². The first-order valence-electron chi connectivity index (χ1n) is 4.83. The van der Waals surface area contributed by atoms with E-state index in [1.165, 1.54) is 11.1 Å². The summed E-state index contributed by atoms with van der Waals surface area (Å²) < 4.78 is 5.47. The van der Waals surface area contributed by atoms with Crippen molar-refractivity contribution in [2.24, 2.45) is 0 Å². The number of aryl methyl sites for hydroxylation is 1. The van der Waals surface area contributed by atoms with Crippen molar-refractivity contribution in [3.05, 3.63) is 34.3 Å². The Labute approximate surface area is 93.4 Å². The van der Waals surface area contributed by atoms with Gasteiger partial charge in [0.05, 0.1) is 0 Å². The molecule has 0 amide bonds. The first kappa shape index (κ1) is 11.8. The summed E-state index contributed by atoms with van der Waals surface area (Å²) in [5.41, 5.74) is 2.58. The van der Waals surface area contributed by atoms with E-state index in [2.05, 4.69) is 19.9 Å². The standard InChI is InChI=1S/C11H15ClOSi/c1-3-14-13-7-6-10-8-11(12)5-4-9(10)2/h4-5,8H,3,6-7H2,1-2H3. The van der Waals surface area contributed by atoms with Gasteiger partial charge in [-0.3, -0.25) is 0 Å². The zero-order valence-electron chi connectivity index (χ0n) is 8.64. The predicted octanol–water partition coefficient (Wildman–Crippen LogP) is 3.26. The molecule has 1 aromatic rings. The summed E-state index contributed by atoms with van der Waals surface area (Å²) in [6.07, 6.45) is 0.958. The van der Waals surface area contributed by atoms with Gasteiger partial charge >= 0.3 is 0 Å². The van der Waals surface area contributed by atoms with E-state index in [1.807, 2.05) is 12.1 Å². The lowest BCUT2D eigenvalue weighted by molar-refractivity contribution is 0.340. The molecule has 0 saturated heterocycles. The Morgan fingerprint density at radius 3 is 2.93 bits per heavy atom. The molecule has 2 radical (unpaired) electrons. The second kappa shape index (κ2) is 6.22. The third kappa shape index (κ3) is 3.82. The van der Waals surface area contributed by atoms with Gasteiger partial charge in [-0.15, -0.1) is 0 Å². The van der Waals surface area contributed by atoms with Gasteiger partial charge in [-0.2, -0.15) is 0 Å². The van der Waals surface area contributed by atoms with Crippen LogP contribution in [0.15, 0.2) is 18.2 Å². The van der Waals surface area contributed by atoms with Crippen LogP contribution in [0.4, 0.5) is 0 Å². The SMILES string of the molecule is CC[Si]OCCc1cc(Cl)ccc1C. The van der Waals surface area contributed by atoms with Gasteiger partial charge in [-0.25, -0.2) is 0 Å². The predicted molar refractivity (Wildman–Crippen MR) is 62.1 cm³/mol. The lowest BCUT2D eigenvalue weighted by atomic mass is 10.1. The maximum atomic E-state index is 5.92. The molecular weight excluding hydrogens is 212 g/mol. The van der Waals surface area contributed by atoms with E-state index < -0.39 is 0 Å². The van der Waals surface area contributed by atoms with Crippen LogP contribution in [0.2, 0.25) is 11.1 Å². The molecule has 0 aliphatic carbocycles. The van der Waals surface area contributed by atoms with Gasteiger partial charge in [0.1, 0.15) is 0 Å². The van der Waals surface area contributed by atoms with Crippen LogP contribution < -0.4 is 0 Å². The Bertz CT molecular complexity index is 289. The van der Waals surface area contributed by atoms with Crippen molar-refractivity contribution >= 4 is 21.4 Å². The summed E-state index contributed by atoms with van der Waals surface area (Å²) in [5.74, 6) is 0. The molecule has 0 heterocycles. The van der Waals surface area contributed by atoms with Gasteiger partial charge in [-0.1, -0.05) is 24.6 Å². The normalized spacial score (nSPS) is 10.5. The highest BCUT2D eigenvalue weighted by atomic mass is 35.5. The van der Waals surface area contributed by atoms with E-state index in [0.29, 0.717) is 9.76 Å². The van der Waals surface area contributed by atoms with Crippen LogP contribution in [0.5, 0.6) is 0 Å². The Hall–Kier alpha value is -0.313. The quantitative estimate of drug-likeness (QED) is 0.553. The fraction of sp³-hybridized carbons (Fsp3) is 0.455. The molecule has 1 aromatic carbocycles. The Kier molecular flexibility index (Phi) is 5.23. The molecule has 0 fully saturated rings. The molecule has 1 rings (SSSR count). The lowest BCUT2D eigenvalue weighted by Gasteiger charge is -2.06. The molecule has 0 aliphatic rings. The molecule has 0 unspecified atom stereocenters. The third-order valence-electron chi connectivity index (χ3n) is 2.03. The van der Waals surface area contributed by atoms with Crippen molar-refractivity contribution in [2.45, 2.75) is 26.3 Å². The van der Waals surface area contributed by atoms with Crippen LogP contribution >= 0.6 is 11.6 Å². The molecular formula is C11H15ClOSi. The monoisotopic (exact) mass is 226 g/mol. The van der Waals surface area contributed by atoms with Crippen molar-refractivity contribution in [1.82, 2.24) is 0 Å². The summed E-state index contributed by atoms with van der Waals surface area (Å²) in [7, 11) is 0.628. The summed E-state index contributed by atoms with van der Waals surface area (Å²) in [6, 6.07) is 7.11. The molecule has 0 aromatic heterocycles. The molecule has 0 bridgehead atoms. The van der Waals surface area contributed by atoms with Crippen molar-refractivity contribution in [3.8, 4) is 0 Å². The Balaban J connectivity index is 2.45. The fourth-order valence-corrected chi connectivity index (χ4v) is 1.89. The minimum atomic E-state index is 0.628. The molecule has 0 atom stereocenters. The fourth-order valence-electron chi connectivity index (χ4n) is 1.24. The topological polar surface area (TPSA) is 9.23 Å². The highest BCUT2D eigenvalue weighted by molar-refractivity contribution is 6.30. The number of benzene rings is 1. The van der Waals surface area contributed by atoms with Crippen LogP contribution in [0.3, 0.4) is 0 Å². The minimum absolute atomic E-state index is 0.628. The van der Waals surface area contributed by atoms with E-state index in [1.54, 1.807) is 0 Å². The van der Waals surface area contributed by atoms with Crippen LogP contribution in [0, 0.1) is 6.92 Å². The highest BCUT2D eigenvalue weighted by Gasteiger charge is 1.99. The highest BCUT2D eigenvalue weighted by Crippen LogP contribution is 2.15. The van der Waals surface area contributed by atoms with Gasteiger partial charge in [0.2, 0.25) is 9.76 Å². The number of rotatable bonds is 5.